The number of H-pyrrole nitrogens is 1. The van der Waals surface area contributed by atoms with E-state index >= 15 is 0 Å². The van der Waals surface area contributed by atoms with Gasteiger partial charge in [-0.1, -0.05) is 36.0 Å². The largest absolute Gasteiger partial charge is 0.508 e. The Hall–Kier alpha value is -2.59. The Morgan fingerprint density at radius 3 is 2.54 bits per heavy atom. The first-order chi connectivity index (χ1) is 16.9. The minimum atomic E-state index is -0.835. The monoisotopic (exact) mass is 514 g/mol. The van der Waals surface area contributed by atoms with E-state index in [1.54, 1.807) is 23.9 Å². The van der Waals surface area contributed by atoms with Crippen LogP contribution in [0.15, 0.2) is 34.1 Å². The Morgan fingerprint density at radius 2 is 1.80 bits per heavy atom. The zero-order valence-electron chi connectivity index (χ0n) is 18.9. The second kappa shape index (κ2) is 8.51. The van der Waals surface area contributed by atoms with Gasteiger partial charge in [-0.25, -0.2) is 0 Å². The van der Waals surface area contributed by atoms with Crippen molar-refractivity contribution in [2.75, 3.05) is 6.54 Å². The number of amides is 2. The molecule has 35 heavy (non-hydrogen) atoms. The zero-order chi connectivity index (χ0) is 24.4. The number of phenolic OH excluding ortho intramolecular Hbond substituents is 1. The van der Waals surface area contributed by atoms with Gasteiger partial charge in [-0.2, -0.15) is 0 Å². The van der Waals surface area contributed by atoms with Crippen LogP contribution in [-0.2, 0) is 14.4 Å². The molecule has 2 aromatic rings. The number of para-hydroxylation sites is 1. The van der Waals surface area contributed by atoms with Gasteiger partial charge in [0.2, 0.25) is 11.8 Å². The summed E-state index contributed by atoms with van der Waals surface area (Å²) in [7, 11) is 0. The molecule has 1 saturated heterocycles. The van der Waals surface area contributed by atoms with E-state index in [1.165, 1.54) is 16.2 Å². The Bertz CT molecular complexity index is 1270. The quantitative estimate of drug-likeness (QED) is 0.382. The van der Waals surface area contributed by atoms with Crippen LogP contribution in [0.5, 0.6) is 5.75 Å². The Morgan fingerprint density at radius 1 is 1.06 bits per heavy atom. The molecule has 2 aliphatic carbocycles. The Kier molecular flexibility index (Phi) is 5.56. The van der Waals surface area contributed by atoms with Crippen molar-refractivity contribution in [2.24, 2.45) is 29.6 Å². The molecule has 2 aliphatic heterocycles. The first-order valence-corrected chi connectivity index (χ1v) is 13.8. The summed E-state index contributed by atoms with van der Waals surface area (Å²) in [5.41, 5.74) is 0.774. The molecular formula is C25H26N2O6S2. The zero-order valence-corrected chi connectivity index (χ0v) is 20.5. The number of carboxylic acid groups (broad SMARTS) is 1. The molecular weight excluding hydrogens is 488 g/mol. The summed E-state index contributed by atoms with van der Waals surface area (Å²) >= 11 is 2.81. The molecule has 8 nitrogen and oxygen atoms in total. The molecule has 10 heteroatoms. The number of phenols is 1. The number of carboxylic acids is 1. The van der Waals surface area contributed by atoms with Gasteiger partial charge in [0.1, 0.15) is 5.75 Å². The standard InChI is InChI=1S/C25H26N2O6S2/c28-14-7-4-3-6-11(14)16-17-12-10-13(20(17)34-22-21(16)35-25(33)26-22)19-18(12)23(31)27(24(19)32)9-5-1-2-8-15(29)30/h3-4,6-7,12-13,16-20,28H,1-2,5,8-10H2,(H,26,33)(H,29,30)/t12-,13-,16-,17+,18+,19-,20+/m1/s1. The van der Waals surface area contributed by atoms with Crippen LogP contribution in [0, 0.1) is 29.6 Å². The van der Waals surface area contributed by atoms with Crippen LogP contribution < -0.4 is 4.87 Å². The molecule has 3 N–H and O–H groups in total. The number of unbranched alkanes of at least 4 members (excludes halogenated alkanes) is 2. The highest BCUT2D eigenvalue weighted by atomic mass is 32.2. The highest BCUT2D eigenvalue weighted by Crippen LogP contribution is 2.68. The summed E-state index contributed by atoms with van der Waals surface area (Å²) in [6.07, 6.45) is 2.71. The highest BCUT2D eigenvalue weighted by Gasteiger charge is 2.69. The lowest BCUT2D eigenvalue weighted by molar-refractivity contribution is -0.141. The van der Waals surface area contributed by atoms with Gasteiger partial charge in [-0.05, 0) is 43.1 Å². The predicted molar refractivity (Wildman–Crippen MR) is 129 cm³/mol. The lowest BCUT2D eigenvalue weighted by Crippen LogP contribution is -2.42. The smallest absolute Gasteiger partial charge is 0.305 e. The average molecular weight is 515 g/mol. The molecule has 0 spiro atoms. The number of benzene rings is 1. The lowest BCUT2D eigenvalue weighted by atomic mass is 9.68. The number of likely N-dealkylation sites (tertiary alicyclic amines) is 1. The van der Waals surface area contributed by atoms with Crippen LogP contribution in [0.3, 0.4) is 0 Å². The Labute approximate surface area is 209 Å². The van der Waals surface area contributed by atoms with E-state index in [4.69, 9.17) is 5.11 Å². The number of thiazole rings is 1. The number of fused-ring (bicyclic) bond motifs is 9. The van der Waals surface area contributed by atoms with Crippen molar-refractivity contribution >= 4 is 40.9 Å². The number of aromatic hydroxyl groups is 1. The van der Waals surface area contributed by atoms with Crippen LogP contribution in [-0.4, -0.2) is 49.7 Å². The molecule has 3 fully saturated rings. The summed E-state index contributed by atoms with van der Waals surface area (Å²) in [5, 5.41) is 20.5. The molecule has 0 unspecified atom stereocenters. The fourth-order valence-electron chi connectivity index (χ4n) is 7.12. The van der Waals surface area contributed by atoms with E-state index in [0.29, 0.717) is 25.8 Å². The summed E-state index contributed by atoms with van der Waals surface area (Å²) in [5.74, 6) is -1.56. The van der Waals surface area contributed by atoms with E-state index in [-0.39, 0.29) is 69.6 Å². The normalized spacial score (nSPS) is 32.6. The maximum absolute atomic E-state index is 13.5. The molecule has 2 bridgehead atoms. The van der Waals surface area contributed by atoms with Gasteiger partial charge in [0.25, 0.3) is 0 Å². The molecule has 4 aliphatic rings. The fraction of sp³-hybridized carbons (Fsp3) is 0.520. The molecule has 184 valence electrons. The number of imide groups is 1. The van der Waals surface area contributed by atoms with Crippen LogP contribution in [0.25, 0.3) is 0 Å². The van der Waals surface area contributed by atoms with Crippen molar-refractivity contribution < 1.29 is 24.6 Å². The first kappa shape index (κ1) is 22.8. The fourth-order valence-corrected chi connectivity index (χ4v) is 10.0. The Balaban J connectivity index is 1.30. The number of hydrogen-bond acceptors (Lipinski definition) is 7. The third-order valence-corrected chi connectivity index (χ3v) is 10.9. The maximum atomic E-state index is 13.5. The van der Waals surface area contributed by atoms with Crippen molar-refractivity contribution in [3.05, 3.63) is 44.4 Å². The molecule has 2 amide bonds. The molecule has 0 radical (unpaired) electrons. The summed E-state index contributed by atoms with van der Waals surface area (Å²) in [6, 6.07) is 7.22. The number of carbonyl (C=O) groups is 3. The lowest BCUT2D eigenvalue weighted by Gasteiger charge is -2.43. The van der Waals surface area contributed by atoms with Crippen LogP contribution in [0.4, 0.5) is 0 Å². The average Bonchev–Trinajstić information content (AvgIpc) is 3.54. The van der Waals surface area contributed by atoms with Crippen LogP contribution in [0.2, 0.25) is 0 Å². The number of aromatic nitrogens is 1. The molecule has 1 aromatic heterocycles. The summed E-state index contributed by atoms with van der Waals surface area (Å²) in [4.78, 5) is 55.1. The van der Waals surface area contributed by atoms with Crippen LogP contribution in [0.1, 0.15) is 48.5 Å². The number of rotatable bonds is 7. The van der Waals surface area contributed by atoms with E-state index < -0.39 is 5.97 Å². The number of thioether (sulfide) groups is 1. The SMILES string of the molecule is O=C(O)CCCCCN1C(=O)[C@@H]2[C@H]3C[C@@H]([C@@H]2C1=O)[C@H]1[C@@H](c2ccccc2O)c2sc(=O)[nH]c2S[C@@H]31. The van der Waals surface area contributed by atoms with Crippen molar-refractivity contribution in [3.63, 3.8) is 0 Å². The second-order valence-corrected chi connectivity index (χ2v) is 12.3. The molecule has 7 atom stereocenters. The van der Waals surface area contributed by atoms with E-state index in [1.807, 2.05) is 12.1 Å². The van der Waals surface area contributed by atoms with Gasteiger partial charge in [0.05, 0.1) is 16.9 Å². The molecule has 3 heterocycles. The first-order valence-electron chi connectivity index (χ1n) is 12.1. The van der Waals surface area contributed by atoms with E-state index in [2.05, 4.69) is 4.98 Å². The summed E-state index contributed by atoms with van der Waals surface area (Å²) < 4.78 is 0. The van der Waals surface area contributed by atoms with Crippen molar-refractivity contribution in [1.82, 2.24) is 9.88 Å². The third kappa shape index (κ3) is 3.48. The topological polar surface area (TPSA) is 128 Å². The summed E-state index contributed by atoms with van der Waals surface area (Å²) in [6.45, 7) is 0.343. The van der Waals surface area contributed by atoms with Crippen molar-refractivity contribution in [2.45, 2.75) is 48.3 Å². The molecule has 6 rings (SSSR count). The van der Waals surface area contributed by atoms with E-state index in [0.717, 1.165) is 21.9 Å². The predicted octanol–water partition coefficient (Wildman–Crippen LogP) is 3.26. The minimum Gasteiger partial charge on any atom is -0.508 e. The number of carbonyl (C=O) groups excluding carboxylic acids is 2. The van der Waals surface area contributed by atoms with Crippen LogP contribution >= 0.6 is 23.1 Å². The number of aromatic amines is 1. The van der Waals surface area contributed by atoms with Gasteiger partial charge in [0, 0.05) is 34.6 Å². The van der Waals surface area contributed by atoms with Gasteiger partial charge < -0.3 is 15.2 Å². The molecule has 1 aromatic carbocycles. The van der Waals surface area contributed by atoms with Crippen molar-refractivity contribution in [1.29, 1.82) is 0 Å². The number of nitrogens with zero attached hydrogens (tertiary/aromatic N) is 1. The van der Waals surface area contributed by atoms with E-state index in [9.17, 15) is 24.3 Å². The number of hydrogen-bond donors (Lipinski definition) is 3. The third-order valence-electron chi connectivity index (χ3n) is 8.36. The highest BCUT2D eigenvalue weighted by molar-refractivity contribution is 8.00. The van der Waals surface area contributed by atoms with Gasteiger partial charge in [-0.15, -0.1) is 11.8 Å². The van der Waals surface area contributed by atoms with Gasteiger partial charge in [0.15, 0.2) is 0 Å². The van der Waals surface area contributed by atoms with Gasteiger partial charge in [-0.3, -0.25) is 24.1 Å². The number of nitrogens with one attached hydrogen (secondary N) is 1. The molecule has 2 saturated carbocycles. The van der Waals surface area contributed by atoms with Crippen molar-refractivity contribution in [3.8, 4) is 5.75 Å². The maximum Gasteiger partial charge on any atom is 0.305 e. The second-order valence-electron chi connectivity index (χ2n) is 10.1. The van der Waals surface area contributed by atoms with Gasteiger partial charge >= 0.3 is 10.8 Å². The number of aliphatic carboxylic acids is 1. The minimum absolute atomic E-state index is 0.0194.